The largest absolute Gasteiger partial charge is 0.363 e. The van der Waals surface area contributed by atoms with E-state index in [4.69, 9.17) is 21.4 Å². The lowest BCUT2D eigenvalue weighted by Crippen LogP contribution is -2.27. The van der Waals surface area contributed by atoms with E-state index in [-0.39, 0.29) is 5.69 Å². The Hall–Kier alpha value is 0.0600. The van der Waals surface area contributed by atoms with Gasteiger partial charge in [-0.25, -0.2) is 22.9 Å². The first kappa shape index (κ1) is 19.4. The maximum Gasteiger partial charge on any atom is 0.363 e. The minimum Gasteiger partial charge on any atom is -0.244 e. The molecule has 0 aliphatic rings. The molecule has 2 atom stereocenters. The zero-order chi connectivity index (χ0) is 17.4. The fourth-order valence-corrected chi connectivity index (χ4v) is 6.78. The van der Waals surface area contributed by atoms with Crippen molar-refractivity contribution < 1.29 is 8.78 Å². The van der Waals surface area contributed by atoms with Crippen molar-refractivity contribution in [3.8, 4) is 5.69 Å². The molecule has 5 nitrogen and oxygen atoms in total. The van der Waals surface area contributed by atoms with Gasteiger partial charge in [-0.05, 0) is 33.5 Å². The van der Waals surface area contributed by atoms with E-state index in [2.05, 4.69) is 29.6 Å². The monoisotopic (exact) mass is 533 g/mol. The van der Waals surface area contributed by atoms with Crippen LogP contribution in [0.25, 0.3) is 5.69 Å². The van der Waals surface area contributed by atoms with E-state index in [0.29, 0.717) is 8.17 Å². The van der Waals surface area contributed by atoms with Crippen LogP contribution in [0.5, 0.6) is 0 Å². The second-order valence-electron chi connectivity index (χ2n) is 4.09. The molecule has 0 aliphatic heterocycles. The summed E-state index contributed by atoms with van der Waals surface area (Å²) in [5.41, 5.74) is -1.62. The summed E-state index contributed by atoms with van der Waals surface area (Å²) in [7, 11) is 5.92. The molecular formula is C10H9Br2Cl2F2N3O2S2. The molecule has 1 aromatic heterocycles. The second-order valence-corrected chi connectivity index (χ2v) is 19.1. The molecule has 0 saturated heterocycles. The third-order valence-electron chi connectivity index (χ3n) is 2.66. The number of nitrogens with zero attached hydrogens (tertiary/aromatic N) is 3. The van der Waals surface area contributed by atoms with E-state index in [9.17, 15) is 18.4 Å². The molecule has 0 fully saturated rings. The first-order valence-corrected chi connectivity index (χ1v) is 14.6. The van der Waals surface area contributed by atoms with Crippen LogP contribution in [0, 0.1) is 0 Å². The van der Waals surface area contributed by atoms with Gasteiger partial charge in [0.1, 0.15) is 0 Å². The van der Waals surface area contributed by atoms with E-state index in [1.807, 2.05) is 0 Å². The van der Waals surface area contributed by atoms with E-state index in [0.717, 1.165) is 4.57 Å². The lowest BCUT2D eigenvalue weighted by Gasteiger charge is -2.30. The lowest BCUT2D eigenvalue weighted by atomic mass is 10.3. The standard InChI is InChI=1S/C10H9Br2Cl2F2N3O2S2/c11-22(13,6-15)18-9(20)17(8-4-2-1-3-5-8)10(21)19(18)23(12,14)7-16/h1-5H,6-7H2. The van der Waals surface area contributed by atoms with Gasteiger partial charge in [-0.15, -0.1) is 0 Å². The van der Waals surface area contributed by atoms with Crippen LogP contribution in [0.4, 0.5) is 8.78 Å². The number of benzene rings is 1. The Morgan fingerprint density at radius 2 is 1.30 bits per heavy atom. The van der Waals surface area contributed by atoms with Crippen LogP contribution in [0.2, 0.25) is 0 Å². The summed E-state index contributed by atoms with van der Waals surface area (Å²) < 4.78 is 28.6. The summed E-state index contributed by atoms with van der Waals surface area (Å²) in [6.07, 6.45) is 0. The van der Waals surface area contributed by atoms with Crippen molar-refractivity contribution >= 4 is 66.7 Å². The smallest absolute Gasteiger partial charge is 0.244 e. The van der Waals surface area contributed by atoms with Crippen LogP contribution in [0.15, 0.2) is 39.9 Å². The maximum atomic E-state index is 13.3. The first-order chi connectivity index (χ1) is 10.7. The van der Waals surface area contributed by atoms with E-state index in [1.54, 1.807) is 18.2 Å². The minimum absolute atomic E-state index is 0.228. The van der Waals surface area contributed by atoms with Gasteiger partial charge in [-0.1, -0.05) is 18.2 Å². The van der Waals surface area contributed by atoms with Gasteiger partial charge in [0.25, 0.3) is 0 Å². The van der Waals surface area contributed by atoms with Crippen molar-refractivity contribution in [1.82, 2.24) is 12.7 Å². The number of hydrogen-bond donors (Lipinski definition) is 0. The van der Waals surface area contributed by atoms with Crippen molar-refractivity contribution in [3.05, 3.63) is 51.3 Å². The molecule has 0 aliphatic carbocycles. The van der Waals surface area contributed by atoms with Crippen LogP contribution < -0.4 is 11.4 Å². The highest BCUT2D eigenvalue weighted by molar-refractivity contribution is 9.62. The second kappa shape index (κ2) is 7.12. The number of rotatable bonds is 5. The quantitative estimate of drug-likeness (QED) is 0.556. The molecular weight excluding hydrogens is 527 g/mol. The highest BCUT2D eigenvalue weighted by atomic mass is 79.9. The average Bonchev–Trinajstić information content (AvgIpc) is 2.80. The summed E-state index contributed by atoms with van der Waals surface area (Å²) in [4.78, 5) is 25.3. The van der Waals surface area contributed by atoms with Gasteiger partial charge in [0.15, 0.2) is 12.0 Å². The Morgan fingerprint density at radius 1 is 0.913 bits per heavy atom. The molecule has 2 unspecified atom stereocenters. The summed E-state index contributed by atoms with van der Waals surface area (Å²) >= 11 is 5.82. The zero-order valence-electron chi connectivity index (χ0n) is 11.0. The van der Waals surface area contributed by atoms with E-state index >= 15 is 0 Å². The average molecular weight is 536 g/mol. The number of aromatic nitrogens is 3. The summed E-state index contributed by atoms with van der Waals surface area (Å²) in [6, 6.07) is 5.57. The molecule has 2 rings (SSSR count). The Bertz CT molecular complexity index is 778. The van der Waals surface area contributed by atoms with Gasteiger partial charge in [-0.3, -0.25) is 0 Å². The van der Waals surface area contributed by atoms with Crippen molar-refractivity contribution in [2.75, 3.05) is 12.0 Å². The summed E-state index contributed by atoms with van der Waals surface area (Å²) in [5, 5.41) is 0. The Kier molecular flexibility index (Phi) is 6.00. The van der Waals surface area contributed by atoms with Crippen molar-refractivity contribution in [1.29, 1.82) is 0 Å². The van der Waals surface area contributed by atoms with Crippen molar-refractivity contribution in [2.45, 2.75) is 0 Å². The number of para-hydroxylation sites is 1. The zero-order valence-corrected chi connectivity index (χ0v) is 17.4. The van der Waals surface area contributed by atoms with Gasteiger partial charge in [-0.2, -0.15) is 8.17 Å². The van der Waals surface area contributed by atoms with Crippen LogP contribution >= 0.6 is 66.7 Å². The molecule has 0 radical (unpaired) electrons. The molecule has 0 N–H and O–H groups in total. The molecule has 0 spiro atoms. The maximum absolute atomic E-state index is 13.3. The lowest BCUT2D eigenvalue weighted by molar-refractivity contribution is 0.594. The number of halogens is 6. The fourth-order valence-electron chi connectivity index (χ4n) is 1.74. The predicted octanol–water partition coefficient (Wildman–Crippen LogP) is 4.72. The number of alkyl halides is 2. The fraction of sp³-hybridized carbons (Fsp3) is 0.200. The molecule has 0 amide bonds. The van der Waals surface area contributed by atoms with Gasteiger partial charge in [0.2, 0.25) is 0 Å². The first-order valence-electron chi connectivity index (χ1n) is 5.73. The van der Waals surface area contributed by atoms with E-state index in [1.165, 1.54) is 12.1 Å². The Labute approximate surface area is 156 Å². The highest BCUT2D eigenvalue weighted by Crippen LogP contribution is 2.66. The molecule has 23 heavy (non-hydrogen) atoms. The topological polar surface area (TPSA) is 48.9 Å². The van der Waals surface area contributed by atoms with Gasteiger partial charge >= 0.3 is 11.4 Å². The molecule has 130 valence electrons. The van der Waals surface area contributed by atoms with E-state index < -0.39 is 39.1 Å². The Morgan fingerprint density at radius 3 is 1.65 bits per heavy atom. The molecule has 2 aromatic rings. The number of hydrogen-bond acceptors (Lipinski definition) is 2. The molecule has 13 heteroatoms. The predicted molar refractivity (Wildman–Crippen MR) is 102 cm³/mol. The summed E-state index contributed by atoms with van der Waals surface area (Å²) in [5.74, 6) is 0. The van der Waals surface area contributed by atoms with Crippen LogP contribution in [0.3, 0.4) is 0 Å². The molecule has 1 heterocycles. The van der Waals surface area contributed by atoms with Gasteiger partial charge in [0, 0.05) is 45.3 Å². The van der Waals surface area contributed by atoms with Crippen LogP contribution in [0.1, 0.15) is 0 Å². The molecule has 0 saturated carbocycles. The van der Waals surface area contributed by atoms with Crippen molar-refractivity contribution in [3.63, 3.8) is 0 Å². The Balaban J connectivity index is 2.93. The molecule has 1 aromatic carbocycles. The summed E-state index contributed by atoms with van der Waals surface area (Å²) in [6.45, 7) is 0. The van der Waals surface area contributed by atoms with Crippen molar-refractivity contribution in [2.24, 2.45) is 0 Å². The van der Waals surface area contributed by atoms with Crippen LogP contribution in [-0.4, -0.2) is 24.8 Å². The van der Waals surface area contributed by atoms with Gasteiger partial charge < -0.3 is 0 Å². The third-order valence-corrected chi connectivity index (χ3v) is 8.90. The van der Waals surface area contributed by atoms with Crippen LogP contribution in [-0.2, 0) is 0 Å². The third kappa shape index (κ3) is 3.54. The normalized spacial score (nSPS) is 19.6. The SMILES string of the molecule is O=c1n(-c2ccccc2)c(=O)n(S(Cl)(Br)CF)n1S(Cl)(Br)CF. The highest BCUT2D eigenvalue weighted by Gasteiger charge is 2.36. The molecule has 0 bridgehead atoms. The van der Waals surface area contributed by atoms with Gasteiger partial charge in [0.05, 0.1) is 5.69 Å². The minimum atomic E-state index is -3.06.